The van der Waals surface area contributed by atoms with Crippen LogP contribution < -0.4 is 14.8 Å². The maximum Gasteiger partial charge on any atom is 0.163 e. The molecule has 0 atom stereocenters. The molecule has 0 amide bonds. The monoisotopic (exact) mass is 425 g/mol. The van der Waals surface area contributed by atoms with Crippen LogP contribution in [0.1, 0.15) is 38.3 Å². The van der Waals surface area contributed by atoms with E-state index in [9.17, 15) is 0 Å². The summed E-state index contributed by atoms with van der Waals surface area (Å²) in [6.45, 7) is 9.24. The van der Waals surface area contributed by atoms with Crippen LogP contribution in [0.5, 0.6) is 11.5 Å². The minimum Gasteiger partial charge on any atom is -0.490 e. The highest BCUT2D eigenvalue weighted by Crippen LogP contribution is 2.34. The second kappa shape index (κ2) is 12.2. The van der Waals surface area contributed by atoms with Crippen molar-refractivity contribution in [2.45, 2.75) is 46.4 Å². The Hall–Kier alpha value is -1.46. The quantitative estimate of drug-likeness (QED) is 0.431. The molecule has 0 aromatic heterocycles. The van der Waals surface area contributed by atoms with Crippen LogP contribution in [0.15, 0.2) is 36.4 Å². The zero-order valence-corrected chi connectivity index (χ0v) is 18.3. The number of hydrogen-bond donors (Lipinski definition) is 1. The van der Waals surface area contributed by atoms with Gasteiger partial charge in [0, 0.05) is 29.3 Å². The molecule has 0 saturated carbocycles. The van der Waals surface area contributed by atoms with Crippen molar-refractivity contribution in [2.24, 2.45) is 0 Å². The Balaban J connectivity index is 1.96. The lowest BCUT2D eigenvalue weighted by Gasteiger charge is -2.15. The van der Waals surface area contributed by atoms with Gasteiger partial charge in [0.2, 0.25) is 0 Å². The van der Waals surface area contributed by atoms with Crippen molar-refractivity contribution in [2.75, 3.05) is 19.8 Å². The highest BCUT2D eigenvalue weighted by Gasteiger charge is 2.12. The molecule has 154 valence electrons. The zero-order chi connectivity index (χ0) is 20.4. The Morgan fingerprint density at radius 1 is 1.04 bits per heavy atom. The molecule has 0 spiro atoms. The van der Waals surface area contributed by atoms with E-state index in [4.69, 9.17) is 37.4 Å². The Kier molecular flexibility index (Phi) is 9.93. The number of rotatable bonds is 12. The van der Waals surface area contributed by atoms with Gasteiger partial charge in [0.1, 0.15) is 6.61 Å². The third-order valence-electron chi connectivity index (χ3n) is 3.96. The fraction of sp³-hybridized carbons (Fsp3) is 0.455. The van der Waals surface area contributed by atoms with E-state index in [0.29, 0.717) is 41.3 Å². The van der Waals surface area contributed by atoms with Crippen LogP contribution in [0.2, 0.25) is 10.0 Å². The van der Waals surface area contributed by atoms with Gasteiger partial charge in [0.25, 0.3) is 0 Å². The average molecular weight is 426 g/mol. The third kappa shape index (κ3) is 7.88. The Morgan fingerprint density at radius 2 is 1.82 bits per heavy atom. The molecule has 2 aromatic carbocycles. The molecule has 6 heteroatoms. The molecule has 0 radical (unpaired) electrons. The van der Waals surface area contributed by atoms with Crippen LogP contribution in [-0.4, -0.2) is 25.9 Å². The summed E-state index contributed by atoms with van der Waals surface area (Å²) in [5, 5.41) is 4.73. The minimum absolute atomic E-state index is 0.266. The van der Waals surface area contributed by atoms with Gasteiger partial charge in [-0.1, -0.05) is 35.3 Å². The van der Waals surface area contributed by atoms with Crippen LogP contribution in [0.3, 0.4) is 0 Å². The summed E-state index contributed by atoms with van der Waals surface area (Å²) in [6, 6.07) is 11.3. The normalized spacial score (nSPS) is 11.1. The van der Waals surface area contributed by atoms with E-state index in [2.05, 4.69) is 5.32 Å². The van der Waals surface area contributed by atoms with Crippen molar-refractivity contribution in [3.8, 4) is 11.5 Å². The van der Waals surface area contributed by atoms with Gasteiger partial charge in [-0.15, -0.1) is 0 Å². The lowest BCUT2D eigenvalue weighted by atomic mass is 10.2. The molecule has 2 aromatic rings. The number of nitrogens with one attached hydrogen (secondary N) is 1. The van der Waals surface area contributed by atoms with Gasteiger partial charge in [0.15, 0.2) is 11.5 Å². The summed E-state index contributed by atoms with van der Waals surface area (Å²) in [5.74, 6) is 1.31. The van der Waals surface area contributed by atoms with Crippen LogP contribution >= 0.6 is 23.2 Å². The highest BCUT2D eigenvalue weighted by molar-refractivity contribution is 6.31. The number of halogens is 2. The van der Waals surface area contributed by atoms with Gasteiger partial charge in [-0.3, -0.25) is 0 Å². The topological polar surface area (TPSA) is 39.7 Å². The van der Waals surface area contributed by atoms with Crippen LogP contribution in [0.4, 0.5) is 0 Å². The van der Waals surface area contributed by atoms with E-state index in [1.54, 1.807) is 0 Å². The molecule has 28 heavy (non-hydrogen) atoms. The summed E-state index contributed by atoms with van der Waals surface area (Å²) in [5.41, 5.74) is 1.96. The molecule has 0 bridgehead atoms. The van der Waals surface area contributed by atoms with Crippen molar-refractivity contribution in [1.29, 1.82) is 0 Å². The predicted molar refractivity (Wildman–Crippen MR) is 116 cm³/mol. The maximum absolute atomic E-state index is 6.47. The molecule has 4 nitrogen and oxygen atoms in total. The van der Waals surface area contributed by atoms with E-state index in [0.717, 1.165) is 30.7 Å². The molecule has 2 rings (SSSR count). The maximum atomic E-state index is 6.47. The lowest BCUT2D eigenvalue weighted by molar-refractivity contribution is 0.0770. The lowest BCUT2D eigenvalue weighted by Crippen LogP contribution is -2.17. The van der Waals surface area contributed by atoms with Crippen molar-refractivity contribution in [3.63, 3.8) is 0 Å². The van der Waals surface area contributed by atoms with Gasteiger partial charge in [-0.2, -0.15) is 0 Å². The van der Waals surface area contributed by atoms with Gasteiger partial charge in [-0.05, 0) is 63.1 Å². The smallest absolute Gasteiger partial charge is 0.163 e. The first-order valence-electron chi connectivity index (χ1n) is 9.64. The molecule has 0 fully saturated rings. The van der Waals surface area contributed by atoms with Crippen molar-refractivity contribution < 1.29 is 14.2 Å². The first-order chi connectivity index (χ1) is 13.5. The van der Waals surface area contributed by atoms with E-state index >= 15 is 0 Å². The summed E-state index contributed by atoms with van der Waals surface area (Å²) >= 11 is 12.5. The molecule has 0 saturated heterocycles. The third-order valence-corrected chi connectivity index (χ3v) is 4.55. The Labute approximate surface area is 178 Å². The molecule has 0 aliphatic carbocycles. The van der Waals surface area contributed by atoms with E-state index in [-0.39, 0.29) is 6.10 Å². The SMILES string of the molecule is CCOc1cc(CNCCCOC(C)C)c(Cl)cc1OCc1cccc(Cl)c1. The largest absolute Gasteiger partial charge is 0.490 e. The van der Waals surface area contributed by atoms with E-state index in [1.807, 2.05) is 57.2 Å². The van der Waals surface area contributed by atoms with Crippen LogP contribution in [-0.2, 0) is 17.9 Å². The molecular weight excluding hydrogens is 397 g/mol. The summed E-state index contributed by atoms with van der Waals surface area (Å²) in [6.07, 6.45) is 1.22. The standard InChI is InChI=1S/C22H29Cl2NO3/c1-4-26-21-12-18(14-25-9-6-10-27-16(2)3)20(24)13-22(21)28-15-17-7-5-8-19(23)11-17/h5,7-8,11-13,16,25H,4,6,9-10,14-15H2,1-3H3. The minimum atomic E-state index is 0.266. The summed E-state index contributed by atoms with van der Waals surface area (Å²) in [7, 11) is 0. The number of ether oxygens (including phenoxy) is 3. The molecule has 0 unspecified atom stereocenters. The zero-order valence-electron chi connectivity index (χ0n) is 16.8. The van der Waals surface area contributed by atoms with Crippen molar-refractivity contribution in [3.05, 3.63) is 57.6 Å². The molecule has 0 aliphatic heterocycles. The highest BCUT2D eigenvalue weighted by atomic mass is 35.5. The van der Waals surface area contributed by atoms with E-state index < -0.39 is 0 Å². The number of benzene rings is 2. The molecule has 1 N–H and O–H groups in total. The fourth-order valence-electron chi connectivity index (χ4n) is 2.62. The summed E-state index contributed by atoms with van der Waals surface area (Å²) < 4.78 is 17.2. The van der Waals surface area contributed by atoms with Crippen LogP contribution in [0, 0.1) is 0 Å². The molecule has 0 aliphatic rings. The average Bonchev–Trinajstić information content (AvgIpc) is 2.65. The van der Waals surface area contributed by atoms with Crippen molar-refractivity contribution >= 4 is 23.2 Å². The summed E-state index contributed by atoms with van der Waals surface area (Å²) in [4.78, 5) is 0. The van der Waals surface area contributed by atoms with Gasteiger partial charge in [-0.25, -0.2) is 0 Å². The van der Waals surface area contributed by atoms with Crippen LogP contribution in [0.25, 0.3) is 0 Å². The first kappa shape index (κ1) is 22.8. The predicted octanol–water partition coefficient (Wildman–Crippen LogP) is 5.88. The van der Waals surface area contributed by atoms with Gasteiger partial charge >= 0.3 is 0 Å². The number of hydrogen-bond acceptors (Lipinski definition) is 4. The van der Waals surface area contributed by atoms with Gasteiger partial charge in [0.05, 0.1) is 12.7 Å². The Bertz CT molecular complexity index is 738. The fourth-order valence-corrected chi connectivity index (χ4v) is 3.05. The first-order valence-corrected chi connectivity index (χ1v) is 10.4. The Morgan fingerprint density at radius 3 is 2.54 bits per heavy atom. The van der Waals surface area contributed by atoms with Crippen molar-refractivity contribution in [1.82, 2.24) is 5.32 Å². The second-order valence-corrected chi connectivity index (χ2v) is 7.54. The van der Waals surface area contributed by atoms with E-state index in [1.165, 1.54) is 0 Å². The molecule has 0 heterocycles. The molecular formula is C22H29Cl2NO3. The van der Waals surface area contributed by atoms with Gasteiger partial charge < -0.3 is 19.5 Å². The second-order valence-electron chi connectivity index (χ2n) is 6.69.